The summed E-state index contributed by atoms with van der Waals surface area (Å²) in [6.45, 7) is 5.57. The number of carbonyl (C=O) groups is 1. The van der Waals surface area contributed by atoms with Gasteiger partial charge in [0.15, 0.2) is 11.0 Å². The summed E-state index contributed by atoms with van der Waals surface area (Å²) >= 11 is 1.32. The lowest BCUT2D eigenvalue weighted by atomic mass is 10.2. The highest BCUT2D eigenvalue weighted by Crippen LogP contribution is 2.27. The predicted octanol–water partition coefficient (Wildman–Crippen LogP) is 3.26. The van der Waals surface area contributed by atoms with E-state index in [0.717, 1.165) is 24.2 Å². The third-order valence-corrected chi connectivity index (χ3v) is 8.44. The van der Waals surface area contributed by atoms with Crippen LogP contribution in [0, 0.1) is 0 Å². The molecule has 1 fully saturated rings. The molecule has 0 radical (unpaired) electrons. The van der Waals surface area contributed by atoms with Gasteiger partial charge in [-0.3, -0.25) is 9.78 Å². The Labute approximate surface area is 197 Å². The summed E-state index contributed by atoms with van der Waals surface area (Å²) in [5.74, 6) is 0.524. The number of pyridine rings is 1. The first-order chi connectivity index (χ1) is 15.9. The zero-order valence-electron chi connectivity index (χ0n) is 18.5. The summed E-state index contributed by atoms with van der Waals surface area (Å²) in [6, 6.07) is 10.1. The maximum absolute atomic E-state index is 12.8. The van der Waals surface area contributed by atoms with Crippen molar-refractivity contribution in [3.05, 3.63) is 48.8 Å². The Morgan fingerprint density at radius 2 is 1.76 bits per heavy atom. The second kappa shape index (κ2) is 10.0. The van der Waals surface area contributed by atoms with Crippen LogP contribution in [0.5, 0.6) is 0 Å². The molecule has 0 saturated carbocycles. The first-order valence-corrected chi connectivity index (χ1v) is 13.1. The zero-order chi connectivity index (χ0) is 23.4. The van der Waals surface area contributed by atoms with Gasteiger partial charge in [-0.05, 0) is 63.1 Å². The van der Waals surface area contributed by atoms with Crippen molar-refractivity contribution in [1.82, 2.24) is 24.1 Å². The Morgan fingerprint density at radius 3 is 2.39 bits per heavy atom. The fraction of sp³-hybridized carbons (Fsp3) is 0.364. The number of hydrogen-bond donors (Lipinski definition) is 1. The number of benzene rings is 1. The second-order valence-electron chi connectivity index (χ2n) is 7.67. The molecular weight excluding hydrogens is 460 g/mol. The van der Waals surface area contributed by atoms with Crippen molar-refractivity contribution in [1.29, 1.82) is 0 Å². The van der Waals surface area contributed by atoms with Crippen LogP contribution < -0.4 is 5.32 Å². The monoisotopic (exact) mass is 486 g/mol. The summed E-state index contributed by atoms with van der Waals surface area (Å²) in [4.78, 5) is 17.0. The number of sulfonamides is 1. The molecule has 0 aliphatic carbocycles. The quantitative estimate of drug-likeness (QED) is 0.487. The van der Waals surface area contributed by atoms with Gasteiger partial charge in [-0.25, -0.2) is 8.42 Å². The minimum absolute atomic E-state index is 0.203. The molecule has 11 heteroatoms. The van der Waals surface area contributed by atoms with E-state index in [2.05, 4.69) is 20.5 Å². The third kappa shape index (κ3) is 5.10. The molecule has 1 atom stereocenters. The molecule has 1 N–H and O–H groups in total. The topological polar surface area (TPSA) is 110 Å². The number of thioether (sulfide) groups is 1. The number of hydrogen-bond acceptors (Lipinski definition) is 7. The molecule has 4 rings (SSSR count). The van der Waals surface area contributed by atoms with Gasteiger partial charge in [-0.1, -0.05) is 11.8 Å². The largest absolute Gasteiger partial charge is 0.325 e. The van der Waals surface area contributed by atoms with Gasteiger partial charge in [0.25, 0.3) is 0 Å². The first-order valence-electron chi connectivity index (χ1n) is 10.8. The van der Waals surface area contributed by atoms with Crippen LogP contribution in [0.25, 0.3) is 11.4 Å². The molecule has 1 unspecified atom stereocenters. The van der Waals surface area contributed by atoms with E-state index in [1.807, 2.05) is 23.6 Å². The minimum atomic E-state index is -3.47. The molecule has 0 bridgehead atoms. The molecule has 3 aromatic rings. The molecule has 33 heavy (non-hydrogen) atoms. The Kier molecular flexibility index (Phi) is 7.11. The standard InChI is InChI=1S/C22H26N6O3S2/c1-3-28-20(17-10-12-23-13-11-17)25-26-22(28)32-16(2)21(29)24-18-6-8-19(9-7-18)33(30,31)27-14-4-5-15-27/h6-13,16H,3-5,14-15H2,1-2H3,(H,24,29). The highest BCUT2D eigenvalue weighted by Gasteiger charge is 2.27. The summed E-state index contributed by atoms with van der Waals surface area (Å²) in [5, 5.41) is 11.6. The number of nitrogens with zero attached hydrogens (tertiary/aromatic N) is 5. The van der Waals surface area contributed by atoms with Crippen LogP contribution in [0.4, 0.5) is 5.69 Å². The molecule has 0 spiro atoms. The van der Waals surface area contributed by atoms with E-state index in [0.29, 0.717) is 30.5 Å². The summed E-state index contributed by atoms with van der Waals surface area (Å²) in [6.07, 6.45) is 5.18. The van der Waals surface area contributed by atoms with Crippen molar-refractivity contribution >= 4 is 33.4 Å². The molecule has 1 aliphatic rings. The Bertz CT molecular complexity index is 1210. The average molecular weight is 487 g/mol. The molecule has 1 aromatic carbocycles. The van der Waals surface area contributed by atoms with Crippen molar-refractivity contribution in [2.24, 2.45) is 0 Å². The summed E-state index contributed by atoms with van der Waals surface area (Å²) < 4.78 is 28.8. The fourth-order valence-electron chi connectivity index (χ4n) is 3.62. The molecule has 3 heterocycles. The van der Waals surface area contributed by atoms with Crippen LogP contribution in [0.15, 0.2) is 58.8 Å². The highest BCUT2D eigenvalue weighted by atomic mass is 32.2. The van der Waals surface area contributed by atoms with Crippen LogP contribution >= 0.6 is 11.8 Å². The van der Waals surface area contributed by atoms with Gasteiger partial charge in [0, 0.05) is 43.3 Å². The van der Waals surface area contributed by atoms with E-state index in [-0.39, 0.29) is 10.8 Å². The third-order valence-electron chi connectivity index (χ3n) is 5.45. The lowest BCUT2D eigenvalue weighted by Crippen LogP contribution is -2.27. The van der Waals surface area contributed by atoms with Crippen molar-refractivity contribution in [2.45, 2.75) is 48.5 Å². The maximum atomic E-state index is 12.8. The van der Waals surface area contributed by atoms with Crippen LogP contribution in [0.3, 0.4) is 0 Å². The second-order valence-corrected chi connectivity index (χ2v) is 10.9. The number of rotatable bonds is 8. The Morgan fingerprint density at radius 1 is 1.09 bits per heavy atom. The zero-order valence-corrected chi connectivity index (χ0v) is 20.1. The van der Waals surface area contributed by atoms with Gasteiger partial charge < -0.3 is 9.88 Å². The van der Waals surface area contributed by atoms with E-state index in [9.17, 15) is 13.2 Å². The minimum Gasteiger partial charge on any atom is -0.325 e. The number of carbonyl (C=O) groups excluding carboxylic acids is 1. The van der Waals surface area contributed by atoms with Gasteiger partial charge in [0.2, 0.25) is 15.9 Å². The van der Waals surface area contributed by atoms with Crippen LogP contribution in [-0.4, -0.2) is 56.7 Å². The SMILES string of the molecule is CCn1c(SC(C)C(=O)Nc2ccc(S(=O)(=O)N3CCCC3)cc2)nnc1-c1ccncc1. The van der Waals surface area contributed by atoms with Crippen LogP contribution in [-0.2, 0) is 21.4 Å². The number of anilines is 1. The molecule has 1 amide bonds. The lowest BCUT2D eigenvalue weighted by Gasteiger charge is -2.16. The molecule has 174 valence electrons. The van der Waals surface area contributed by atoms with Crippen LogP contribution in [0.1, 0.15) is 26.7 Å². The highest BCUT2D eigenvalue weighted by molar-refractivity contribution is 8.00. The molecule has 2 aromatic heterocycles. The van der Waals surface area contributed by atoms with Gasteiger partial charge in [-0.15, -0.1) is 10.2 Å². The predicted molar refractivity (Wildman–Crippen MR) is 127 cm³/mol. The number of aromatic nitrogens is 4. The van der Waals surface area contributed by atoms with Gasteiger partial charge >= 0.3 is 0 Å². The number of nitrogens with one attached hydrogen (secondary N) is 1. The normalized spacial score (nSPS) is 15.5. The van der Waals surface area contributed by atoms with Crippen molar-refractivity contribution in [2.75, 3.05) is 18.4 Å². The summed E-state index contributed by atoms with van der Waals surface area (Å²) in [5.41, 5.74) is 1.45. The molecule has 9 nitrogen and oxygen atoms in total. The molecular formula is C22H26N6O3S2. The van der Waals surface area contributed by atoms with E-state index in [1.54, 1.807) is 31.5 Å². The summed E-state index contributed by atoms with van der Waals surface area (Å²) in [7, 11) is -3.47. The van der Waals surface area contributed by atoms with E-state index in [4.69, 9.17) is 0 Å². The number of amides is 1. The molecule has 1 saturated heterocycles. The van der Waals surface area contributed by atoms with Crippen molar-refractivity contribution in [3.63, 3.8) is 0 Å². The van der Waals surface area contributed by atoms with Crippen molar-refractivity contribution in [3.8, 4) is 11.4 Å². The van der Waals surface area contributed by atoms with E-state index in [1.165, 1.54) is 28.2 Å². The smallest absolute Gasteiger partial charge is 0.243 e. The van der Waals surface area contributed by atoms with Crippen molar-refractivity contribution < 1.29 is 13.2 Å². The fourth-order valence-corrected chi connectivity index (χ4v) is 6.05. The average Bonchev–Trinajstić information content (AvgIpc) is 3.50. The van der Waals surface area contributed by atoms with E-state index >= 15 is 0 Å². The Balaban J connectivity index is 1.42. The van der Waals surface area contributed by atoms with Gasteiger partial charge in [-0.2, -0.15) is 4.31 Å². The Hall–Kier alpha value is -2.76. The maximum Gasteiger partial charge on any atom is 0.243 e. The van der Waals surface area contributed by atoms with E-state index < -0.39 is 15.3 Å². The van der Waals surface area contributed by atoms with Crippen LogP contribution in [0.2, 0.25) is 0 Å². The lowest BCUT2D eigenvalue weighted by molar-refractivity contribution is -0.115. The first kappa shape index (κ1) is 23.4. The van der Waals surface area contributed by atoms with Gasteiger partial charge in [0.05, 0.1) is 10.1 Å². The molecule has 1 aliphatic heterocycles. The van der Waals surface area contributed by atoms with Gasteiger partial charge in [0.1, 0.15) is 0 Å².